The van der Waals surface area contributed by atoms with Crippen molar-refractivity contribution in [2.24, 2.45) is 5.73 Å². The van der Waals surface area contributed by atoms with Crippen LogP contribution in [0.25, 0.3) is 0 Å². The molecule has 2 N–H and O–H groups in total. The Morgan fingerprint density at radius 1 is 1.30 bits per heavy atom. The third kappa shape index (κ3) is 4.75. The summed E-state index contributed by atoms with van der Waals surface area (Å²) in [7, 11) is 1.60. The van der Waals surface area contributed by atoms with Crippen LogP contribution in [0.5, 0.6) is 0 Å². The van der Waals surface area contributed by atoms with Gasteiger partial charge in [-0.05, 0) is 44.4 Å². The summed E-state index contributed by atoms with van der Waals surface area (Å²) in [5.74, 6) is 0. The highest BCUT2D eigenvalue weighted by atomic mass is 79.9. The zero-order valence-corrected chi connectivity index (χ0v) is 13.3. The normalized spacial score (nSPS) is 14.4. The van der Waals surface area contributed by atoms with Gasteiger partial charge in [0, 0.05) is 17.6 Å². The molecule has 0 aromatic heterocycles. The fourth-order valence-corrected chi connectivity index (χ4v) is 2.23. The lowest BCUT2D eigenvalue weighted by atomic mass is 9.94. The fraction of sp³-hybridized carbons (Fsp3) is 0.571. The summed E-state index contributed by atoms with van der Waals surface area (Å²) in [6, 6.07) is 3.66. The summed E-state index contributed by atoms with van der Waals surface area (Å²) >= 11 is 2.92. The summed E-state index contributed by atoms with van der Waals surface area (Å²) in [6.45, 7) is 3.84. The second kappa shape index (κ2) is 6.45. The minimum Gasteiger partial charge on any atom is -0.379 e. The van der Waals surface area contributed by atoms with Gasteiger partial charge in [0.15, 0.2) is 0 Å². The average molecular weight is 354 g/mol. The molecule has 1 rings (SSSR count). The molecule has 0 aliphatic heterocycles. The van der Waals surface area contributed by atoms with Crippen LogP contribution in [-0.4, -0.2) is 12.7 Å². The van der Waals surface area contributed by atoms with E-state index in [9.17, 15) is 13.2 Å². The molecule has 0 radical (unpaired) electrons. The van der Waals surface area contributed by atoms with E-state index in [-0.39, 0.29) is 10.1 Å². The molecule has 1 aromatic carbocycles. The molecule has 20 heavy (non-hydrogen) atoms. The van der Waals surface area contributed by atoms with Gasteiger partial charge >= 0.3 is 6.18 Å². The van der Waals surface area contributed by atoms with Crippen LogP contribution in [0, 0.1) is 0 Å². The molecule has 0 saturated carbocycles. The van der Waals surface area contributed by atoms with Crippen molar-refractivity contribution in [1.29, 1.82) is 0 Å². The first-order valence-electron chi connectivity index (χ1n) is 6.24. The zero-order chi connectivity index (χ0) is 15.6. The average Bonchev–Trinajstić information content (AvgIpc) is 2.35. The van der Waals surface area contributed by atoms with Gasteiger partial charge in [-0.3, -0.25) is 0 Å². The summed E-state index contributed by atoms with van der Waals surface area (Å²) in [4.78, 5) is 0. The first-order chi connectivity index (χ1) is 9.07. The van der Waals surface area contributed by atoms with Crippen molar-refractivity contribution in [2.45, 2.75) is 44.5 Å². The van der Waals surface area contributed by atoms with Crippen LogP contribution in [0.2, 0.25) is 0 Å². The Morgan fingerprint density at radius 2 is 1.90 bits per heavy atom. The van der Waals surface area contributed by atoms with Crippen molar-refractivity contribution < 1.29 is 17.9 Å². The van der Waals surface area contributed by atoms with E-state index in [4.69, 9.17) is 10.5 Å². The number of hydrogen-bond acceptors (Lipinski definition) is 2. The Labute approximate surface area is 125 Å². The maximum atomic E-state index is 12.8. The molecule has 1 atom stereocenters. The van der Waals surface area contributed by atoms with Gasteiger partial charge in [-0.1, -0.05) is 22.0 Å². The summed E-state index contributed by atoms with van der Waals surface area (Å²) in [5.41, 5.74) is 5.43. The number of ether oxygens (including phenoxy) is 1. The molecule has 0 saturated heterocycles. The largest absolute Gasteiger partial charge is 0.417 e. The molecular weight excluding hydrogens is 335 g/mol. The third-order valence-electron chi connectivity index (χ3n) is 3.33. The van der Waals surface area contributed by atoms with E-state index in [1.54, 1.807) is 13.2 Å². The van der Waals surface area contributed by atoms with E-state index < -0.39 is 17.8 Å². The Hall–Kier alpha value is -0.590. The molecule has 1 unspecified atom stereocenters. The molecule has 0 aliphatic rings. The maximum absolute atomic E-state index is 12.8. The number of methoxy groups -OCH3 is 1. The minimum absolute atomic E-state index is 0.0261. The highest BCUT2D eigenvalue weighted by Gasteiger charge is 2.33. The molecule has 1 aromatic rings. The zero-order valence-electron chi connectivity index (χ0n) is 11.7. The lowest BCUT2D eigenvalue weighted by Gasteiger charge is -2.25. The van der Waals surface area contributed by atoms with Gasteiger partial charge in [-0.15, -0.1) is 0 Å². The first kappa shape index (κ1) is 17.5. The maximum Gasteiger partial charge on any atom is 0.417 e. The fourth-order valence-electron chi connectivity index (χ4n) is 1.76. The Kier molecular flexibility index (Phi) is 5.63. The van der Waals surface area contributed by atoms with Gasteiger partial charge in [-0.25, -0.2) is 0 Å². The van der Waals surface area contributed by atoms with Gasteiger partial charge in [0.2, 0.25) is 0 Å². The van der Waals surface area contributed by atoms with Crippen LogP contribution >= 0.6 is 15.9 Å². The SMILES string of the molecule is COC(C)(C)CCC(N)c1ccc(Br)c(C(F)(F)F)c1. The Bertz CT molecular complexity index is 460. The summed E-state index contributed by atoms with van der Waals surface area (Å²) < 4.78 is 43.8. The van der Waals surface area contributed by atoms with Gasteiger partial charge < -0.3 is 10.5 Å². The van der Waals surface area contributed by atoms with E-state index in [2.05, 4.69) is 15.9 Å². The number of rotatable bonds is 5. The van der Waals surface area contributed by atoms with Crippen molar-refractivity contribution in [3.05, 3.63) is 33.8 Å². The van der Waals surface area contributed by atoms with Crippen LogP contribution < -0.4 is 5.73 Å². The highest BCUT2D eigenvalue weighted by Crippen LogP contribution is 2.36. The molecule has 0 amide bonds. The van der Waals surface area contributed by atoms with Gasteiger partial charge in [0.05, 0.1) is 11.2 Å². The molecule has 2 nitrogen and oxygen atoms in total. The smallest absolute Gasteiger partial charge is 0.379 e. The van der Waals surface area contributed by atoms with Gasteiger partial charge in [0.25, 0.3) is 0 Å². The predicted octanol–water partition coefficient (Wildman–Crippen LogP) is 4.67. The molecule has 0 heterocycles. The van der Waals surface area contributed by atoms with Crippen LogP contribution in [0.15, 0.2) is 22.7 Å². The standard InChI is InChI=1S/C14H19BrF3NO/c1-13(2,20-3)7-6-12(19)9-4-5-11(15)10(8-9)14(16,17)18/h4-5,8,12H,6-7,19H2,1-3H3. The topological polar surface area (TPSA) is 35.2 Å². The second-order valence-corrected chi connectivity index (χ2v) is 6.20. The van der Waals surface area contributed by atoms with E-state index in [1.165, 1.54) is 6.07 Å². The molecule has 0 spiro atoms. The second-order valence-electron chi connectivity index (χ2n) is 5.35. The van der Waals surface area contributed by atoms with Crippen molar-refractivity contribution >= 4 is 15.9 Å². The predicted molar refractivity (Wildman–Crippen MR) is 76.4 cm³/mol. The van der Waals surface area contributed by atoms with Crippen LogP contribution in [0.1, 0.15) is 43.9 Å². The lowest BCUT2D eigenvalue weighted by molar-refractivity contribution is -0.138. The molecule has 6 heteroatoms. The summed E-state index contributed by atoms with van der Waals surface area (Å²) in [6.07, 6.45) is -3.16. The first-order valence-corrected chi connectivity index (χ1v) is 7.03. The van der Waals surface area contributed by atoms with E-state index >= 15 is 0 Å². The minimum atomic E-state index is -4.39. The van der Waals surface area contributed by atoms with Crippen molar-refractivity contribution in [2.75, 3.05) is 7.11 Å². The summed E-state index contributed by atoms with van der Waals surface area (Å²) in [5, 5.41) is 0. The van der Waals surface area contributed by atoms with Crippen LogP contribution in [0.4, 0.5) is 13.2 Å². The quantitative estimate of drug-likeness (QED) is 0.834. The van der Waals surface area contributed by atoms with Gasteiger partial charge in [-0.2, -0.15) is 13.2 Å². The monoisotopic (exact) mass is 353 g/mol. The van der Waals surface area contributed by atoms with E-state index in [0.29, 0.717) is 18.4 Å². The highest BCUT2D eigenvalue weighted by molar-refractivity contribution is 9.10. The lowest BCUT2D eigenvalue weighted by Crippen LogP contribution is -2.24. The molecule has 0 fully saturated rings. The van der Waals surface area contributed by atoms with Crippen molar-refractivity contribution in [3.8, 4) is 0 Å². The Morgan fingerprint density at radius 3 is 2.40 bits per heavy atom. The number of hydrogen-bond donors (Lipinski definition) is 1. The third-order valence-corrected chi connectivity index (χ3v) is 4.03. The molecular formula is C14H19BrF3NO. The molecule has 114 valence electrons. The van der Waals surface area contributed by atoms with Crippen molar-refractivity contribution in [3.63, 3.8) is 0 Å². The van der Waals surface area contributed by atoms with E-state index in [0.717, 1.165) is 6.07 Å². The molecule has 0 aliphatic carbocycles. The van der Waals surface area contributed by atoms with Crippen LogP contribution in [0.3, 0.4) is 0 Å². The number of alkyl halides is 3. The van der Waals surface area contributed by atoms with Crippen LogP contribution in [-0.2, 0) is 10.9 Å². The Balaban J connectivity index is 2.87. The van der Waals surface area contributed by atoms with Gasteiger partial charge in [0.1, 0.15) is 0 Å². The van der Waals surface area contributed by atoms with Crippen molar-refractivity contribution in [1.82, 2.24) is 0 Å². The molecule has 0 bridgehead atoms. The number of halogens is 4. The van der Waals surface area contributed by atoms with E-state index in [1.807, 2.05) is 13.8 Å². The number of nitrogens with two attached hydrogens (primary N) is 1. The number of benzene rings is 1.